The maximum Gasteiger partial charge on any atom is 0.276 e. The van der Waals surface area contributed by atoms with E-state index in [1.165, 1.54) is 17.3 Å². The van der Waals surface area contributed by atoms with Crippen LogP contribution in [0.25, 0.3) is 16.1 Å². The molecule has 1 heterocycles. The van der Waals surface area contributed by atoms with Crippen LogP contribution in [0, 0.1) is 6.57 Å². The molecule has 0 unspecified atom stereocenters. The summed E-state index contributed by atoms with van der Waals surface area (Å²) < 4.78 is 0. The van der Waals surface area contributed by atoms with Gasteiger partial charge in [0.05, 0.1) is 12.3 Å². The third-order valence-corrected chi connectivity index (χ3v) is 4.78. The molecule has 0 aliphatic heterocycles. The highest BCUT2D eigenvalue weighted by Crippen LogP contribution is 2.28. The standard InChI is InChI=1S/C20H17N3OS/c1-3-14-9-11-16(12-10-14)17-18(21-2)19(24)23-20(22-17)25-13-15-7-5-4-6-8-15/h4-12H,3,13H2,1H3,(H,22,23,24). The third-order valence-electron chi connectivity index (χ3n) is 3.84. The van der Waals surface area contributed by atoms with Gasteiger partial charge in [-0.2, -0.15) is 0 Å². The van der Waals surface area contributed by atoms with E-state index in [0.29, 0.717) is 16.6 Å². The van der Waals surface area contributed by atoms with Crippen LogP contribution in [0.2, 0.25) is 0 Å². The van der Waals surface area contributed by atoms with E-state index in [1.54, 1.807) is 0 Å². The Kier molecular flexibility index (Phi) is 5.32. The van der Waals surface area contributed by atoms with E-state index < -0.39 is 5.56 Å². The molecular weight excluding hydrogens is 330 g/mol. The molecule has 0 aliphatic rings. The number of benzene rings is 2. The molecule has 124 valence electrons. The Morgan fingerprint density at radius 1 is 1.08 bits per heavy atom. The Labute approximate surface area is 150 Å². The second-order valence-electron chi connectivity index (χ2n) is 5.50. The number of hydrogen-bond donors (Lipinski definition) is 1. The molecule has 0 spiro atoms. The monoisotopic (exact) mass is 347 g/mol. The number of rotatable bonds is 5. The van der Waals surface area contributed by atoms with E-state index in [2.05, 4.69) is 21.7 Å². The summed E-state index contributed by atoms with van der Waals surface area (Å²) in [4.78, 5) is 22.9. The van der Waals surface area contributed by atoms with Crippen molar-refractivity contribution in [2.24, 2.45) is 0 Å². The molecule has 0 fully saturated rings. The molecule has 0 amide bonds. The molecule has 25 heavy (non-hydrogen) atoms. The quantitative estimate of drug-likeness (QED) is 0.408. The van der Waals surface area contributed by atoms with Gasteiger partial charge >= 0.3 is 0 Å². The predicted octanol–water partition coefficient (Wildman–Crippen LogP) is 4.84. The van der Waals surface area contributed by atoms with Gasteiger partial charge in [-0.05, 0) is 23.1 Å². The van der Waals surface area contributed by atoms with Gasteiger partial charge < -0.3 is 4.98 Å². The molecule has 1 N–H and O–H groups in total. The number of aromatic amines is 1. The minimum Gasteiger partial charge on any atom is -0.311 e. The van der Waals surface area contributed by atoms with Crippen LogP contribution < -0.4 is 5.56 Å². The largest absolute Gasteiger partial charge is 0.311 e. The number of hydrogen-bond acceptors (Lipinski definition) is 3. The lowest BCUT2D eigenvalue weighted by Crippen LogP contribution is -2.09. The van der Waals surface area contributed by atoms with Gasteiger partial charge in [0.15, 0.2) is 5.16 Å². The van der Waals surface area contributed by atoms with Gasteiger partial charge in [0.1, 0.15) is 0 Å². The number of aromatic nitrogens is 2. The summed E-state index contributed by atoms with van der Waals surface area (Å²) in [6.45, 7) is 9.40. The second-order valence-corrected chi connectivity index (χ2v) is 6.47. The number of H-pyrrole nitrogens is 1. The van der Waals surface area contributed by atoms with Gasteiger partial charge in [0.25, 0.3) is 11.2 Å². The lowest BCUT2D eigenvalue weighted by atomic mass is 10.1. The van der Waals surface area contributed by atoms with Crippen LogP contribution in [0.3, 0.4) is 0 Å². The highest BCUT2D eigenvalue weighted by atomic mass is 32.2. The van der Waals surface area contributed by atoms with Crippen molar-refractivity contribution in [2.45, 2.75) is 24.3 Å². The van der Waals surface area contributed by atoms with Crippen molar-refractivity contribution in [2.75, 3.05) is 0 Å². The van der Waals surface area contributed by atoms with Gasteiger partial charge in [-0.15, -0.1) is 0 Å². The molecule has 0 radical (unpaired) electrons. The highest BCUT2D eigenvalue weighted by Gasteiger charge is 2.14. The Bertz CT molecular complexity index is 957. The molecule has 2 aromatic carbocycles. The average Bonchev–Trinajstić information content (AvgIpc) is 2.67. The molecule has 0 bridgehead atoms. The molecule has 3 rings (SSSR count). The first kappa shape index (κ1) is 17.0. The van der Waals surface area contributed by atoms with Crippen molar-refractivity contribution in [3.63, 3.8) is 0 Å². The van der Waals surface area contributed by atoms with E-state index in [0.717, 1.165) is 17.5 Å². The topological polar surface area (TPSA) is 50.1 Å². The first-order valence-corrected chi connectivity index (χ1v) is 8.97. The lowest BCUT2D eigenvalue weighted by molar-refractivity contribution is 0.949. The van der Waals surface area contributed by atoms with Gasteiger partial charge in [-0.1, -0.05) is 73.3 Å². The Hall–Kier alpha value is -2.84. The molecular formula is C20H17N3OS. The first-order chi connectivity index (χ1) is 12.2. The van der Waals surface area contributed by atoms with Gasteiger partial charge in [-0.3, -0.25) is 4.79 Å². The maximum atomic E-state index is 12.3. The minimum atomic E-state index is -0.393. The molecule has 0 atom stereocenters. The van der Waals surface area contributed by atoms with Crippen molar-refractivity contribution < 1.29 is 0 Å². The van der Waals surface area contributed by atoms with E-state index >= 15 is 0 Å². The van der Waals surface area contributed by atoms with E-state index in [4.69, 9.17) is 6.57 Å². The normalized spacial score (nSPS) is 10.4. The van der Waals surface area contributed by atoms with Crippen molar-refractivity contribution in [3.05, 3.63) is 87.5 Å². The minimum absolute atomic E-state index is 0.0355. The van der Waals surface area contributed by atoms with Crippen LogP contribution in [-0.2, 0) is 12.2 Å². The smallest absolute Gasteiger partial charge is 0.276 e. The van der Waals surface area contributed by atoms with Crippen LogP contribution in [0.4, 0.5) is 5.69 Å². The average molecular weight is 347 g/mol. The summed E-state index contributed by atoms with van der Waals surface area (Å²) in [5.74, 6) is 0.704. The molecule has 4 nitrogen and oxygen atoms in total. The van der Waals surface area contributed by atoms with Crippen molar-refractivity contribution >= 4 is 17.4 Å². The lowest BCUT2D eigenvalue weighted by Gasteiger charge is -2.07. The van der Waals surface area contributed by atoms with Crippen LogP contribution in [0.15, 0.2) is 64.5 Å². The fourth-order valence-corrected chi connectivity index (χ4v) is 3.26. The molecule has 5 heteroatoms. The molecule has 3 aromatic rings. The second kappa shape index (κ2) is 7.82. The number of nitrogens with one attached hydrogen (secondary N) is 1. The van der Waals surface area contributed by atoms with E-state index in [1.807, 2.05) is 54.6 Å². The van der Waals surface area contributed by atoms with Crippen LogP contribution in [-0.4, -0.2) is 9.97 Å². The fourth-order valence-electron chi connectivity index (χ4n) is 2.44. The summed E-state index contributed by atoms with van der Waals surface area (Å²) in [5, 5.41) is 0.524. The maximum absolute atomic E-state index is 12.3. The van der Waals surface area contributed by atoms with Crippen LogP contribution >= 0.6 is 11.8 Å². The van der Waals surface area contributed by atoms with E-state index in [-0.39, 0.29) is 5.69 Å². The summed E-state index contributed by atoms with van der Waals surface area (Å²) in [6, 6.07) is 17.8. The molecule has 1 aromatic heterocycles. The zero-order valence-corrected chi connectivity index (χ0v) is 14.6. The molecule has 0 aliphatic carbocycles. The van der Waals surface area contributed by atoms with Crippen molar-refractivity contribution in [3.8, 4) is 11.3 Å². The first-order valence-electron chi connectivity index (χ1n) is 7.99. The third kappa shape index (κ3) is 3.98. The summed E-state index contributed by atoms with van der Waals surface area (Å²) in [6.07, 6.45) is 0.941. The Morgan fingerprint density at radius 2 is 1.80 bits per heavy atom. The van der Waals surface area contributed by atoms with Crippen molar-refractivity contribution in [1.29, 1.82) is 0 Å². The van der Waals surface area contributed by atoms with Gasteiger partial charge in [-0.25, -0.2) is 9.83 Å². The summed E-state index contributed by atoms with van der Waals surface area (Å²) >= 11 is 1.45. The van der Waals surface area contributed by atoms with E-state index in [9.17, 15) is 4.79 Å². The van der Waals surface area contributed by atoms with Crippen LogP contribution in [0.5, 0.6) is 0 Å². The fraction of sp³-hybridized carbons (Fsp3) is 0.150. The van der Waals surface area contributed by atoms with Gasteiger partial charge in [0, 0.05) is 5.75 Å². The van der Waals surface area contributed by atoms with Crippen LogP contribution in [0.1, 0.15) is 18.1 Å². The Morgan fingerprint density at radius 3 is 2.44 bits per heavy atom. The predicted molar refractivity (Wildman–Crippen MR) is 102 cm³/mol. The summed E-state index contributed by atoms with van der Waals surface area (Å²) in [7, 11) is 0. The van der Waals surface area contributed by atoms with Crippen molar-refractivity contribution in [1.82, 2.24) is 9.97 Å². The SMILES string of the molecule is [C-]#[N+]c1c(-c2ccc(CC)cc2)nc(SCc2ccccc2)[nH]c1=O. The summed E-state index contributed by atoms with van der Waals surface area (Å²) in [5.41, 5.74) is 3.23. The number of thioether (sulfide) groups is 1. The molecule has 0 saturated carbocycles. The number of aryl methyl sites for hydroxylation is 1. The highest BCUT2D eigenvalue weighted by molar-refractivity contribution is 7.98. The van der Waals surface area contributed by atoms with Gasteiger partial charge in [0.2, 0.25) is 0 Å². The zero-order valence-electron chi connectivity index (χ0n) is 13.8. The number of nitrogens with zero attached hydrogens (tertiary/aromatic N) is 2. The molecule has 0 saturated heterocycles. The zero-order chi connectivity index (χ0) is 17.6. The Balaban J connectivity index is 1.95.